The molecule has 0 radical (unpaired) electrons. The molecule has 0 fully saturated rings. The maximum atomic E-state index is 11.5. The zero-order valence-corrected chi connectivity index (χ0v) is 7.66. The van der Waals surface area contributed by atoms with E-state index >= 15 is 0 Å². The van der Waals surface area contributed by atoms with Crippen molar-refractivity contribution in [1.82, 2.24) is 15.0 Å². The highest BCUT2D eigenvalue weighted by Gasteiger charge is 2.09. The second kappa shape index (κ2) is 2.84. The van der Waals surface area contributed by atoms with Crippen LogP contribution in [0.5, 0.6) is 0 Å². The summed E-state index contributed by atoms with van der Waals surface area (Å²) in [5.41, 5.74) is 2.48. The first-order valence-corrected chi connectivity index (χ1v) is 4.44. The van der Waals surface area contributed by atoms with Gasteiger partial charge in [0.25, 0.3) is 0 Å². The van der Waals surface area contributed by atoms with Crippen molar-refractivity contribution in [2.45, 2.75) is 0 Å². The smallest absolute Gasteiger partial charge is 0.244 e. The molecule has 5 heteroatoms. The normalized spacial score (nSPS) is 10.9. The Morgan fingerprint density at radius 2 is 1.73 bits per heavy atom. The molecule has 0 aliphatic rings. The van der Waals surface area contributed by atoms with E-state index in [1.807, 2.05) is 0 Å². The Bertz CT molecular complexity index is 653. The van der Waals surface area contributed by atoms with Crippen LogP contribution in [0.2, 0.25) is 0 Å². The number of nitrogens with zero attached hydrogens (tertiary/aromatic N) is 4. The number of benzene rings is 1. The largest absolute Gasteiger partial charge is 0.618 e. The molecule has 5 nitrogen and oxygen atoms in total. The molecule has 0 unspecified atom stereocenters. The first-order chi connectivity index (χ1) is 7.36. The van der Waals surface area contributed by atoms with Crippen LogP contribution in [0.3, 0.4) is 0 Å². The zero-order valence-electron chi connectivity index (χ0n) is 7.66. The summed E-state index contributed by atoms with van der Waals surface area (Å²) in [6.45, 7) is 0. The van der Waals surface area contributed by atoms with Crippen molar-refractivity contribution < 1.29 is 4.73 Å². The Morgan fingerprint density at radius 3 is 2.67 bits per heavy atom. The fraction of sp³-hybridized carbons (Fsp3) is 0. The van der Waals surface area contributed by atoms with Crippen molar-refractivity contribution in [1.29, 1.82) is 0 Å². The van der Waals surface area contributed by atoms with Gasteiger partial charge in [-0.3, -0.25) is 9.97 Å². The van der Waals surface area contributed by atoms with Crippen LogP contribution in [-0.4, -0.2) is 15.0 Å². The quantitative estimate of drug-likeness (QED) is 0.304. The Morgan fingerprint density at radius 1 is 0.933 bits per heavy atom. The SMILES string of the molecule is [O-][n+]1ccnc2c3nccnc3ccc21. The average Bonchev–Trinajstić information content (AvgIpc) is 2.29. The van der Waals surface area contributed by atoms with Gasteiger partial charge in [0.2, 0.25) is 5.52 Å². The number of hydrogen-bond donors (Lipinski definition) is 0. The minimum absolute atomic E-state index is 0.505. The fourth-order valence-corrected chi connectivity index (χ4v) is 1.57. The molecule has 0 saturated heterocycles. The average molecular weight is 198 g/mol. The van der Waals surface area contributed by atoms with Gasteiger partial charge in [0.15, 0.2) is 11.7 Å². The predicted octanol–water partition coefficient (Wildman–Crippen LogP) is 0.811. The van der Waals surface area contributed by atoms with E-state index in [1.54, 1.807) is 24.5 Å². The first kappa shape index (κ1) is 8.05. The topological polar surface area (TPSA) is 65.6 Å². The lowest BCUT2D eigenvalue weighted by atomic mass is 10.2. The molecule has 0 aliphatic carbocycles. The molecule has 0 bridgehead atoms. The van der Waals surface area contributed by atoms with Crippen LogP contribution in [0, 0.1) is 5.21 Å². The van der Waals surface area contributed by atoms with Crippen LogP contribution < -0.4 is 4.73 Å². The Hall–Kier alpha value is -2.30. The molecular weight excluding hydrogens is 192 g/mol. The Labute approximate surface area is 84.6 Å². The van der Waals surface area contributed by atoms with E-state index < -0.39 is 0 Å². The van der Waals surface area contributed by atoms with Crippen LogP contribution in [0.4, 0.5) is 0 Å². The molecule has 0 spiro atoms. The van der Waals surface area contributed by atoms with Crippen molar-refractivity contribution in [3.05, 3.63) is 42.1 Å². The Kier molecular flexibility index (Phi) is 1.53. The monoisotopic (exact) mass is 198 g/mol. The number of hydrogen-bond acceptors (Lipinski definition) is 4. The van der Waals surface area contributed by atoms with Crippen LogP contribution in [0.1, 0.15) is 0 Å². The second-order valence-corrected chi connectivity index (χ2v) is 3.11. The molecule has 1 aromatic carbocycles. The summed E-state index contributed by atoms with van der Waals surface area (Å²) in [6, 6.07) is 3.47. The lowest BCUT2D eigenvalue weighted by molar-refractivity contribution is -0.577. The molecule has 3 rings (SSSR count). The van der Waals surface area contributed by atoms with E-state index in [9.17, 15) is 5.21 Å². The molecule has 15 heavy (non-hydrogen) atoms. The first-order valence-electron chi connectivity index (χ1n) is 4.44. The van der Waals surface area contributed by atoms with Gasteiger partial charge >= 0.3 is 0 Å². The standard InChI is InChI=1S/C10H6N4O/c15-14-6-5-13-10-8(14)2-1-7-9(10)12-4-3-11-7/h1-6H. The second-order valence-electron chi connectivity index (χ2n) is 3.11. The van der Waals surface area contributed by atoms with Gasteiger partial charge in [-0.1, -0.05) is 0 Å². The number of fused-ring (bicyclic) bond motifs is 3. The van der Waals surface area contributed by atoms with Crippen molar-refractivity contribution in [3.8, 4) is 0 Å². The summed E-state index contributed by atoms with van der Waals surface area (Å²) >= 11 is 0. The molecule has 0 amide bonds. The van der Waals surface area contributed by atoms with Crippen LogP contribution in [0.15, 0.2) is 36.9 Å². The van der Waals surface area contributed by atoms with Crippen molar-refractivity contribution >= 4 is 22.1 Å². The van der Waals surface area contributed by atoms with Crippen LogP contribution in [0.25, 0.3) is 22.1 Å². The number of rotatable bonds is 0. The van der Waals surface area contributed by atoms with Gasteiger partial charge < -0.3 is 5.21 Å². The molecule has 0 aliphatic heterocycles. The van der Waals surface area contributed by atoms with E-state index in [0.717, 1.165) is 10.2 Å². The lowest BCUT2D eigenvalue weighted by Crippen LogP contribution is -2.26. The highest BCUT2D eigenvalue weighted by Crippen LogP contribution is 2.16. The molecule has 0 saturated carbocycles. The van der Waals surface area contributed by atoms with E-state index in [1.165, 1.54) is 12.4 Å². The van der Waals surface area contributed by atoms with Gasteiger partial charge in [0.05, 0.1) is 11.7 Å². The number of aromatic nitrogens is 4. The third kappa shape index (κ3) is 1.10. The van der Waals surface area contributed by atoms with E-state index in [-0.39, 0.29) is 0 Å². The minimum Gasteiger partial charge on any atom is -0.618 e. The van der Waals surface area contributed by atoms with E-state index in [4.69, 9.17) is 0 Å². The van der Waals surface area contributed by atoms with Gasteiger partial charge in [-0.2, -0.15) is 4.73 Å². The van der Waals surface area contributed by atoms with Gasteiger partial charge in [-0.25, -0.2) is 4.98 Å². The summed E-state index contributed by atoms with van der Waals surface area (Å²) in [4.78, 5) is 12.5. The maximum Gasteiger partial charge on any atom is 0.244 e. The summed E-state index contributed by atoms with van der Waals surface area (Å²) in [7, 11) is 0. The predicted molar refractivity (Wildman–Crippen MR) is 53.8 cm³/mol. The highest BCUT2D eigenvalue weighted by atomic mass is 16.5. The third-order valence-corrected chi connectivity index (χ3v) is 2.24. The van der Waals surface area contributed by atoms with E-state index in [0.29, 0.717) is 16.6 Å². The summed E-state index contributed by atoms with van der Waals surface area (Å²) in [5.74, 6) is 0. The van der Waals surface area contributed by atoms with Gasteiger partial charge in [0.1, 0.15) is 5.52 Å². The van der Waals surface area contributed by atoms with E-state index in [2.05, 4.69) is 15.0 Å². The molecule has 3 aromatic rings. The summed E-state index contributed by atoms with van der Waals surface area (Å²) < 4.78 is 0.774. The van der Waals surface area contributed by atoms with Gasteiger partial charge in [0, 0.05) is 18.5 Å². The zero-order chi connectivity index (χ0) is 10.3. The highest BCUT2D eigenvalue weighted by molar-refractivity contribution is 5.97. The van der Waals surface area contributed by atoms with Crippen molar-refractivity contribution in [3.63, 3.8) is 0 Å². The van der Waals surface area contributed by atoms with Crippen molar-refractivity contribution in [2.75, 3.05) is 0 Å². The lowest BCUT2D eigenvalue weighted by Gasteiger charge is -2.01. The summed E-state index contributed by atoms with van der Waals surface area (Å²) in [5, 5.41) is 11.5. The molecule has 0 N–H and O–H groups in total. The fourth-order valence-electron chi connectivity index (χ4n) is 1.57. The third-order valence-electron chi connectivity index (χ3n) is 2.24. The molecule has 0 atom stereocenters. The minimum atomic E-state index is 0.505. The molecule has 72 valence electrons. The summed E-state index contributed by atoms with van der Waals surface area (Å²) in [6.07, 6.45) is 6.03. The molecule has 2 heterocycles. The van der Waals surface area contributed by atoms with Crippen LogP contribution in [-0.2, 0) is 0 Å². The molecular formula is C10H6N4O. The van der Waals surface area contributed by atoms with Gasteiger partial charge in [-0.05, 0) is 6.07 Å². The van der Waals surface area contributed by atoms with Gasteiger partial charge in [-0.15, -0.1) is 0 Å². The van der Waals surface area contributed by atoms with Crippen molar-refractivity contribution in [2.24, 2.45) is 0 Å². The Balaban J connectivity index is 2.60. The van der Waals surface area contributed by atoms with Crippen LogP contribution >= 0.6 is 0 Å². The molecule has 2 aromatic heterocycles. The maximum absolute atomic E-state index is 11.5.